The predicted molar refractivity (Wildman–Crippen MR) is 98.7 cm³/mol. The smallest absolute Gasteiger partial charge is 0.377 e. The van der Waals surface area contributed by atoms with E-state index in [1.165, 1.54) is 17.8 Å². The second kappa shape index (κ2) is 6.83. The van der Waals surface area contributed by atoms with E-state index < -0.39 is 11.7 Å². The van der Waals surface area contributed by atoms with Gasteiger partial charge in [-0.25, -0.2) is 4.98 Å². The maximum atomic E-state index is 12.8. The predicted octanol–water partition coefficient (Wildman–Crippen LogP) is 4.95. The molecule has 0 saturated carbocycles. The SMILES string of the molecule is Cc1cnc(CSc2nc3ccc(C(F)(F)F)cc3[nH]2)c(C)c1N(C)C. The molecular formula is C18H19F3N4S. The van der Waals surface area contributed by atoms with Crippen LogP contribution in [0, 0.1) is 13.8 Å². The van der Waals surface area contributed by atoms with Crippen molar-refractivity contribution in [1.82, 2.24) is 15.0 Å². The van der Waals surface area contributed by atoms with Gasteiger partial charge in [-0.1, -0.05) is 11.8 Å². The number of rotatable bonds is 4. The van der Waals surface area contributed by atoms with Gasteiger partial charge in [0.15, 0.2) is 5.16 Å². The Morgan fingerprint density at radius 3 is 2.58 bits per heavy atom. The quantitative estimate of drug-likeness (QED) is 0.651. The number of thioether (sulfide) groups is 1. The van der Waals surface area contributed by atoms with E-state index in [0.717, 1.165) is 34.6 Å². The Balaban J connectivity index is 1.83. The molecule has 138 valence electrons. The Kier molecular flexibility index (Phi) is 4.88. The van der Waals surface area contributed by atoms with E-state index in [1.54, 1.807) is 0 Å². The molecule has 4 nitrogen and oxygen atoms in total. The van der Waals surface area contributed by atoms with Crippen LogP contribution < -0.4 is 4.90 Å². The van der Waals surface area contributed by atoms with Crippen molar-refractivity contribution < 1.29 is 13.2 Å². The number of pyridine rings is 1. The summed E-state index contributed by atoms with van der Waals surface area (Å²) < 4.78 is 38.5. The summed E-state index contributed by atoms with van der Waals surface area (Å²) in [4.78, 5) is 13.9. The van der Waals surface area contributed by atoms with Crippen molar-refractivity contribution in [3.8, 4) is 0 Å². The van der Waals surface area contributed by atoms with Crippen molar-refractivity contribution in [2.24, 2.45) is 0 Å². The Bertz CT molecular complexity index is 947. The largest absolute Gasteiger partial charge is 0.416 e. The average molecular weight is 380 g/mol. The van der Waals surface area contributed by atoms with E-state index in [9.17, 15) is 13.2 Å². The number of H-pyrrole nitrogens is 1. The molecule has 0 aliphatic rings. The van der Waals surface area contributed by atoms with Crippen LogP contribution in [0.1, 0.15) is 22.4 Å². The summed E-state index contributed by atoms with van der Waals surface area (Å²) in [5.41, 5.74) is 4.48. The zero-order valence-electron chi connectivity index (χ0n) is 14.9. The van der Waals surface area contributed by atoms with Crippen molar-refractivity contribution >= 4 is 28.5 Å². The first-order valence-corrected chi connectivity index (χ1v) is 8.97. The van der Waals surface area contributed by atoms with Gasteiger partial charge in [-0.05, 0) is 43.2 Å². The first kappa shape index (κ1) is 18.6. The minimum atomic E-state index is -4.36. The molecule has 0 radical (unpaired) electrons. The summed E-state index contributed by atoms with van der Waals surface area (Å²) in [6.07, 6.45) is -2.52. The highest BCUT2D eigenvalue weighted by molar-refractivity contribution is 7.98. The fourth-order valence-electron chi connectivity index (χ4n) is 2.97. The van der Waals surface area contributed by atoms with Crippen molar-refractivity contribution in [2.45, 2.75) is 30.9 Å². The van der Waals surface area contributed by atoms with Crippen molar-refractivity contribution in [3.63, 3.8) is 0 Å². The Hall–Kier alpha value is -2.22. The Labute approximate surface area is 153 Å². The van der Waals surface area contributed by atoms with E-state index in [2.05, 4.69) is 19.9 Å². The molecule has 26 heavy (non-hydrogen) atoms. The molecule has 0 bridgehead atoms. The van der Waals surface area contributed by atoms with Gasteiger partial charge in [0.05, 0.1) is 22.3 Å². The molecule has 0 saturated heterocycles. The van der Waals surface area contributed by atoms with E-state index in [1.807, 2.05) is 34.1 Å². The molecule has 1 N–H and O–H groups in total. The Morgan fingerprint density at radius 2 is 1.92 bits per heavy atom. The van der Waals surface area contributed by atoms with Gasteiger partial charge >= 0.3 is 6.18 Å². The minimum absolute atomic E-state index is 0.380. The molecule has 0 fully saturated rings. The number of aryl methyl sites for hydroxylation is 1. The summed E-state index contributed by atoms with van der Waals surface area (Å²) in [7, 11) is 3.98. The fraction of sp³-hybridized carbons (Fsp3) is 0.333. The number of anilines is 1. The second-order valence-corrected chi connectivity index (χ2v) is 7.28. The zero-order chi connectivity index (χ0) is 19.1. The summed E-state index contributed by atoms with van der Waals surface area (Å²) in [5.74, 6) is 0.582. The van der Waals surface area contributed by atoms with E-state index in [-0.39, 0.29) is 0 Å². The summed E-state index contributed by atoms with van der Waals surface area (Å²) in [6, 6.07) is 3.52. The molecular weight excluding hydrogens is 361 g/mol. The third-order valence-electron chi connectivity index (χ3n) is 4.16. The average Bonchev–Trinajstić information content (AvgIpc) is 2.95. The van der Waals surface area contributed by atoms with Crippen LogP contribution in [0.5, 0.6) is 0 Å². The molecule has 2 aromatic heterocycles. The number of aromatic amines is 1. The van der Waals surface area contributed by atoms with Crippen LogP contribution in [0.25, 0.3) is 11.0 Å². The molecule has 1 aromatic carbocycles. The monoisotopic (exact) mass is 380 g/mol. The standard InChI is InChI=1S/C18H19F3N4S/c1-10-8-22-15(11(2)16(10)25(3)4)9-26-17-23-13-6-5-12(18(19,20)21)7-14(13)24-17/h5-8H,9H2,1-4H3,(H,23,24). The highest BCUT2D eigenvalue weighted by Gasteiger charge is 2.30. The number of fused-ring (bicyclic) bond motifs is 1. The lowest BCUT2D eigenvalue weighted by Crippen LogP contribution is -2.13. The van der Waals surface area contributed by atoms with Crippen LogP contribution in [0.2, 0.25) is 0 Å². The van der Waals surface area contributed by atoms with Gasteiger partial charge in [0, 0.05) is 31.7 Å². The van der Waals surface area contributed by atoms with E-state index >= 15 is 0 Å². The number of hydrogen-bond acceptors (Lipinski definition) is 4. The minimum Gasteiger partial charge on any atom is -0.377 e. The van der Waals surface area contributed by atoms with Gasteiger partial charge in [-0.2, -0.15) is 13.2 Å². The normalized spacial score (nSPS) is 12.0. The molecule has 2 heterocycles. The highest BCUT2D eigenvalue weighted by Crippen LogP contribution is 2.32. The number of aromatic nitrogens is 3. The first-order chi connectivity index (χ1) is 12.2. The number of nitrogens with one attached hydrogen (secondary N) is 1. The number of alkyl halides is 3. The molecule has 0 aliphatic carbocycles. The lowest BCUT2D eigenvalue weighted by Gasteiger charge is -2.20. The first-order valence-electron chi connectivity index (χ1n) is 7.99. The van der Waals surface area contributed by atoms with Crippen LogP contribution in [-0.4, -0.2) is 29.0 Å². The lowest BCUT2D eigenvalue weighted by molar-refractivity contribution is -0.137. The number of imidazole rings is 1. The summed E-state index contributed by atoms with van der Waals surface area (Å²) in [5, 5.41) is 0.576. The van der Waals surface area contributed by atoms with Crippen LogP contribution in [0.4, 0.5) is 18.9 Å². The van der Waals surface area contributed by atoms with Crippen molar-refractivity contribution in [1.29, 1.82) is 0 Å². The summed E-state index contributed by atoms with van der Waals surface area (Å²) >= 11 is 1.42. The number of hydrogen-bond donors (Lipinski definition) is 1. The van der Waals surface area contributed by atoms with E-state index in [0.29, 0.717) is 21.9 Å². The maximum absolute atomic E-state index is 12.8. The van der Waals surface area contributed by atoms with Gasteiger partial charge in [-0.3, -0.25) is 4.98 Å². The van der Waals surface area contributed by atoms with Gasteiger partial charge in [-0.15, -0.1) is 0 Å². The van der Waals surface area contributed by atoms with Crippen LogP contribution in [-0.2, 0) is 11.9 Å². The lowest BCUT2D eigenvalue weighted by atomic mass is 10.1. The van der Waals surface area contributed by atoms with Crippen LogP contribution >= 0.6 is 11.8 Å². The molecule has 0 unspecified atom stereocenters. The maximum Gasteiger partial charge on any atom is 0.416 e. The van der Waals surface area contributed by atoms with Crippen LogP contribution in [0.3, 0.4) is 0 Å². The molecule has 0 aliphatic heterocycles. The van der Waals surface area contributed by atoms with Crippen molar-refractivity contribution in [2.75, 3.05) is 19.0 Å². The number of halogens is 3. The number of nitrogens with zero attached hydrogens (tertiary/aromatic N) is 3. The molecule has 0 amide bonds. The fourth-order valence-corrected chi connectivity index (χ4v) is 3.88. The van der Waals surface area contributed by atoms with Crippen molar-refractivity contribution in [3.05, 3.63) is 46.8 Å². The molecule has 0 spiro atoms. The van der Waals surface area contributed by atoms with Gasteiger partial charge in [0.1, 0.15) is 0 Å². The molecule has 0 atom stereocenters. The van der Waals surface area contributed by atoms with Gasteiger partial charge < -0.3 is 9.88 Å². The van der Waals surface area contributed by atoms with Gasteiger partial charge in [0.25, 0.3) is 0 Å². The van der Waals surface area contributed by atoms with E-state index in [4.69, 9.17) is 0 Å². The zero-order valence-corrected chi connectivity index (χ0v) is 15.7. The molecule has 8 heteroatoms. The van der Waals surface area contributed by atoms with Crippen LogP contribution in [0.15, 0.2) is 29.6 Å². The summed E-state index contributed by atoms with van der Waals surface area (Å²) in [6.45, 7) is 4.04. The molecule has 3 aromatic rings. The molecule has 3 rings (SSSR count). The Morgan fingerprint density at radius 1 is 1.19 bits per heavy atom. The highest BCUT2D eigenvalue weighted by atomic mass is 32.2. The van der Waals surface area contributed by atoms with Gasteiger partial charge in [0.2, 0.25) is 0 Å². The third kappa shape index (κ3) is 3.65. The second-order valence-electron chi connectivity index (χ2n) is 6.32. The number of benzene rings is 1. The third-order valence-corrected chi connectivity index (χ3v) is 5.04. The topological polar surface area (TPSA) is 44.8 Å².